The van der Waals surface area contributed by atoms with E-state index in [4.69, 9.17) is 4.74 Å². The third kappa shape index (κ3) is 2.04. The van der Waals surface area contributed by atoms with Crippen LogP contribution in [0, 0.1) is 0 Å². The van der Waals surface area contributed by atoms with Gasteiger partial charge < -0.3 is 9.14 Å². The summed E-state index contributed by atoms with van der Waals surface area (Å²) >= 11 is 0. The van der Waals surface area contributed by atoms with Crippen molar-refractivity contribution in [3.63, 3.8) is 0 Å². The lowest BCUT2D eigenvalue weighted by molar-refractivity contribution is 0.462. The summed E-state index contributed by atoms with van der Waals surface area (Å²) in [5, 5.41) is 2.34. The van der Waals surface area contributed by atoms with Gasteiger partial charge in [0.25, 0.3) is 0 Å². The van der Waals surface area contributed by atoms with E-state index >= 15 is 0 Å². The van der Waals surface area contributed by atoms with Crippen LogP contribution in [0.2, 0.25) is 0 Å². The molecule has 2 aromatic heterocycles. The summed E-state index contributed by atoms with van der Waals surface area (Å²) in [5.74, 6) is 1.36. The normalized spacial score (nSPS) is 12.9. The highest BCUT2D eigenvalue weighted by molar-refractivity contribution is 6.10. The van der Waals surface area contributed by atoms with E-state index in [9.17, 15) is 9.59 Å². The van der Waals surface area contributed by atoms with Gasteiger partial charge in [0, 0.05) is 22.8 Å². The van der Waals surface area contributed by atoms with Crippen molar-refractivity contribution in [1.29, 1.82) is 0 Å². The minimum Gasteiger partial charge on any atom is -0.457 e. The minimum absolute atomic E-state index is 0.0601. The second kappa shape index (κ2) is 5.70. The summed E-state index contributed by atoms with van der Waals surface area (Å²) in [6.07, 6.45) is 0.589. The summed E-state index contributed by atoms with van der Waals surface area (Å²) in [6.45, 7) is 0. The number of hydrogen-bond donors (Lipinski definition) is 0. The summed E-state index contributed by atoms with van der Waals surface area (Å²) in [6, 6.07) is 24.8. The van der Waals surface area contributed by atoms with Crippen molar-refractivity contribution in [2.45, 2.75) is 6.42 Å². The fourth-order valence-corrected chi connectivity index (χ4v) is 5.03. The molecule has 0 radical (unpaired) electrons. The molecule has 0 atom stereocenters. The van der Waals surface area contributed by atoms with Crippen molar-refractivity contribution in [1.82, 2.24) is 4.40 Å². The van der Waals surface area contributed by atoms with Crippen molar-refractivity contribution in [3.8, 4) is 11.5 Å². The van der Waals surface area contributed by atoms with E-state index in [-0.39, 0.29) is 10.9 Å². The lowest BCUT2D eigenvalue weighted by atomic mass is 9.93. The van der Waals surface area contributed by atoms with Crippen LogP contribution in [0.1, 0.15) is 11.1 Å². The number of nitrogens with zero attached hydrogens (tertiary/aromatic N) is 1. The first kappa shape index (κ1) is 16.6. The SMILES string of the molecule is O=c1c2ccccc2n2c3ccccc3c(=O)c3c4c(cc1c32)Oc1ccccc1C4. The Balaban J connectivity index is 1.82. The summed E-state index contributed by atoms with van der Waals surface area (Å²) < 4.78 is 8.26. The first-order valence-electron chi connectivity index (χ1n) is 10.3. The number of pyridine rings is 2. The molecule has 1 aliphatic heterocycles. The molecule has 4 nitrogen and oxygen atoms in total. The van der Waals surface area contributed by atoms with Crippen LogP contribution < -0.4 is 15.6 Å². The maximum absolute atomic E-state index is 13.8. The van der Waals surface area contributed by atoms with Crippen LogP contribution in [-0.4, -0.2) is 4.40 Å². The number of aromatic nitrogens is 1. The Labute approximate surface area is 175 Å². The molecule has 7 rings (SSSR count). The molecule has 0 unspecified atom stereocenters. The number of benzene rings is 4. The Bertz CT molecular complexity index is 1820. The molecule has 4 aromatic carbocycles. The maximum Gasteiger partial charge on any atom is 0.197 e. The van der Waals surface area contributed by atoms with Crippen LogP contribution in [0.3, 0.4) is 0 Å². The molecule has 0 spiro atoms. The Morgan fingerprint density at radius 1 is 0.677 bits per heavy atom. The zero-order valence-corrected chi connectivity index (χ0v) is 16.4. The number of para-hydroxylation sites is 3. The van der Waals surface area contributed by atoms with E-state index < -0.39 is 0 Å². The molecule has 4 heteroatoms. The monoisotopic (exact) mass is 401 g/mol. The van der Waals surface area contributed by atoms with Crippen molar-refractivity contribution in [2.24, 2.45) is 0 Å². The molecule has 0 bridgehead atoms. The lowest BCUT2D eigenvalue weighted by Crippen LogP contribution is -2.17. The summed E-state index contributed by atoms with van der Waals surface area (Å²) in [5.41, 5.74) is 4.02. The summed E-state index contributed by atoms with van der Waals surface area (Å²) in [7, 11) is 0. The quantitative estimate of drug-likeness (QED) is 0.257. The Morgan fingerprint density at radius 3 is 2.10 bits per heavy atom. The first-order valence-corrected chi connectivity index (χ1v) is 10.3. The average molecular weight is 401 g/mol. The highest BCUT2D eigenvalue weighted by atomic mass is 16.5. The van der Waals surface area contributed by atoms with E-state index in [0.717, 1.165) is 27.9 Å². The van der Waals surface area contributed by atoms with Gasteiger partial charge in [0.05, 0.1) is 27.3 Å². The Kier molecular flexibility index (Phi) is 3.05. The molecule has 0 saturated heterocycles. The first-order chi connectivity index (χ1) is 15.2. The van der Waals surface area contributed by atoms with Crippen LogP contribution in [-0.2, 0) is 6.42 Å². The maximum atomic E-state index is 13.8. The number of fused-ring (bicyclic) bond motifs is 7. The van der Waals surface area contributed by atoms with Crippen LogP contribution >= 0.6 is 0 Å². The third-order valence-electron chi connectivity index (χ3n) is 6.40. The van der Waals surface area contributed by atoms with E-state index in [0.29, 0.717) is 39.2 Å². The van der Waals surface area contributed by atoms with Crippen LogP contribution in [0.4, 0.5) is 0 Å². The van der Waals surface area contributed by atoms with Gasteiger partial charge in [-0.3, -0.25) is 9.59 Å². The fraction of sp³-hybridized carbons (Fsp3) is 0.0370. The van der Waals surface area contributed by atoms with Gasteiger partial charge in [0.2, 0.25) is 0 Å². The third-order valence-corrected chi connectivity index (χ3v) is 6.40. The second-order valence-corrected chi connectivity index (χ2v) is 8.04. The predicted octanol–water partition coefficient (Wildman–Crippen LogP) is 5.25. The Morgan fingerprint density at radius 2 is 1.32 bits per heavy atom. The fourth-order valence-electron chi connectivity index (χ4n) is 5.03. The highest BCUT2D eigenvalue weighted by Gasteiger charge is 2.26. The van der Waals surface area contributed by atoms with Crippen LogP contribution in [0.25, 0.3) is 38.1 Å². The van der Waals surface area contributed by atoms with Gasteiger partial charge in [-0.15, -0.1) is 0 Å². The molecule has 0 amide bonds. The van der Waals surface area contributed by atoms with Gasteiger partial charge in [-0.2, -0.15) is 0 Å². The predicted molar refractivity (Wildman–Crippen MR) is 123 cm³/mol. The molecule has 31 heavy (non-hydrogen) atoms. The lowest BCUT2D eigenvalue weighted by Gasteiger charge is -2.23. The van der Waals surface area contributed by atoms with E-state index in [1.54, 1.807) is 0 Å². The van der Waals surface area contributed by atoms with Gasteiger partial charge in [-0.25, -0.2) is 0 Å². The highest BCUT2D eigenvalue weighted by Crippen LogP contribution is 2.41. The standard InChI is InChI=1S/C27H15NO3/c29-26-16-8-2-4-10-20(16)28-21-11-5-3-9-17(21)27(30)24-18-13-15-7-1-6-12-22(15)31-23(18)14-19(26)25(24)28/h1-12,14H,13H2. The zero-order chi connectivity index (χ0) is 20.7. The van der Waals surface area contributed by atoms with Crippen LogP contribution in [0.15, 0.2) is 88.5 Å². The van der Waals surface area contributed by atoms with Crippen molar-refractivity contribution >= 4 is 38.1 Å². The molecule has 0 aliphatic carbocycles. The second-order valence-electron chi connectivity index (χ2n) is 8.04. The molecule has 146 valence electrons. The molecule has 0 saturated carbocycles. The topological polar surface area (TPSA) is 47.8 Å². The smallest absolute Gasteiger partial charge is 0.197 e. The number of rotatable bonds is 0. The average Bonchev–Trinajstić information content (AvgIpc) is 2.82. The molecule has 0 N–H and O–H groups in total. The van der Waals surface area contributed by atoms with Crippen molar-refractivity contribution in [2.75, 3.05) is 0 Å². The van der Waals surface area contributed by atoms with Gasteiger partial charge in [0.1, 0.15) is 11.5 Å². The van der Waals surface area contributed by atoms with Crippen molar-refractivity contribution in [3.05, 3.63) is 110 Å². The molecule has 0 fully saturated rings. The molecular weight excluding hydrogens is 386 g/mol. The van der Waals surface area contributed by atoms with Gasteiger partial charge in [0.15, 0.2) is 10.9 Å². The minimum atomic E-state index is -0.0828. The molecule has 1 aliphatic rings. The molecule has 3 heterocycles. The van der Waals surface area contributed by atoms with Gasteiger partial charge >= 0.3 is 0 Å². The number of hydrogen-bond acceptors (Lipinski definition) is 3. The van der Waals surface area contributed by atoms with E-state index in [1.807, 2.05) is 78.9 Å². The van der Waals surface area contributed by atoms with Gasteiger partial charge in [-0.05, 0) is 42.0 Å². The van der Waals surface area contributed by atoms with E-state index in [2.05, 4.69) is 4.40 Å². The molecular formula is C27H15NO3. The molecule has 6 aromatic rings. The Hall–Kier alpha value is -4.18. The zero-order valence-electron chi connectivity index (χ0n) is 16.4. The van der Waals surface area contributed by atoms with Gasteiger partial charge in [-0.1, -0.05) is 42.5 Å². The largest absolute Gasteiger partial charge is 0.457 e. The van der Waals surface area contributed by atoms with Crippen LogP contribution in [0.5, 0.6) is 11.5 Å². The summed E-state index contributed by atoms with van der Waals surface area (Å²) in [4.78, 5) is 27.3. The van der Waals surface area contributed by atoms with E-state index in [1.165, 1.54) is 0 Å². The number of ether oxygens (including phenoxy) is 1. The van der Waals surface area contributed by atoms with Crippen molar-refractivity contribution < 1.29 is 4.74 Å².